The van der Waals surface area contributed by atoms with Crippen molar-refractivity contribution in [3.8, 4) is 11.5 Å². The molecule has 1 aliphatic rings. The largest absolute Gasteiger partial charge is 0.506 e. The van der Waals surface area contributed by atoms with E-state index in [0.717, 1.165) is 11.3 Å². The molecule has 0 saturated heterocycles. The van der Waals surface area contributed by atoms with Crippen molar-refractivity contribution in [3.05, 3.63) is 123 Å². The van der Waals surface area contributed by atoms with Crippen molar-refractivity contribution in [2.24, 2.45) is 4.99 Å². The van der Waals surface area contributed by atoms with Gasteiger partial charge in [-0.15, -0.1) is 0 Å². The van der Waals surface area contributed by atoms with Crippen LogP contribution < -0.4 is 24.9 Å². The van der Waals surface area contributed by atoms with Gasteiger partial charge in [-0.2, -0.15) is 0 Å². The second kappa shape index (κ2) is 10.9. The summed E-state index contributed by atoms with van der Waals surface area (Å²) < 4.78 is 7.01. The fraction of sp³-hybridized carbons (Fsp3) is 0.107. The second-order valence-electron chi connectivity index (χ2n) is 8.80. The van der Waals surface area contributed by atoms with Crippen molar-refractivity contribution in [1.29, 1.82) is 0 Å². The number of phenolic OH excluding ortho intramolecular Hbond substituents is 1. The number of aromatic nitrogens is 1. The van der Waals surface area contributed by atoms with E-state index in [0.29, 0.717) is 27.5 Å². The molecule has 0 saturated carbocycles. The summed E-state index contributed by atoms with van der Waals surface area (Å²) in [6, 6.07) is 17.5. The number of benzene rings is 3. The van der Waals surface area contributed by atoms with Gasteiger partial charge in [0.05, 0.1) is 38.4 Å². The Hall–Kier alpha value is -4.55. The van der Waals surface area contributed by atoms with Gasteiger partial charge in [-0.05, 0) is 58.8 Å². The van der Waals surface area contributed by atoms with Gasteiger partial charge in [-0.3, -0.25) is 24.3 Å². The van der Waals surface area contributed by atoms with Gasteiger partial charge in [0.1, 0.15) is 11.5 Å². The number of anilines is 1. The number of carbonyl (C=O) groups is 1. The topological polar surface area (TPSA) is 136 Å². The van der Waals surface area contributed by atoms with Crippen molar-refractivity contribution in [3.63, 3.8) is 0 Å². The first-order chi connectivity index (χ1) is 19.2. The van der Waals surface area contributed by atoms with Crippen molar-refractivity contribution in [1.82, 2.24) is 4.57 Å². The van der Waals surface area contributed by atoms with E-state index in [9.17, 15) is 24.8 Å². The number of nitrogens with zero attached hydrogens (tertiary/aromatic N) is 3. The third-order valence-corrected chi connectivity index (χ3v) is 7.89. The number of aromatic hydroxyl groups is 1. The number of nitro groups is 1. The molecule has 0 spiro atoms. The molecule has 1 aliphatic heterocycles. The first-order valence-electron chi connectivity index (χ1n) is 11.9. The van der Waals surface area contributed by atoms with Crippen LogP contribution in [0.15, 0.2) is 92.3 Å². The summed E-state index contributed by atoms with van der Waals surface area (Å²) in [7, 11) is 1.54. The monoisotopic (exact) mass is 620 g/mol. The Morgan fingerprint density at radius 3 is 2.55 bits per heavy atom. The zero-order chi connectivity index (χ0) is 28.6. The fourth-order valence-electron chi connectivity index (χ4n) is 4.40. The van der Waals surface area contributed by atoms with Gasteiger partial charge >= 0.3 is 0 Å². The van der Waals surface area contributed by atoms with E-state index in [1.54, 1.807) is 62.6 Å². The third kappa shape index (κ3) is 5.06. The zero-order valence-electron chi connectivity index (χ0n) is 21.1. The van der Waals surface area contributed by atoms with Crippen LogP contribution in [0.25, 0.3) is 6.08 Å². The average Bonchev–Trinajstić information content (AvgIpc) is 3.24. The SMILES string of the molecule is COc1ccc([C@@H]2C(C(=O)Nc3ccccc3)=C(C)N=c3s/c(=C/c4cc([N+](=O)[O-])cc(Br)c4O)c(=O)n32)cc1. The number of thiazole rings is 1. The fourth-order valence-corrected chi connectivity index (χ4v) is 5.90. The maximum absolute atomic E-state index is 13.8. The van der Waals surface area contributed by atoms with Crippen LogP contribution in [0.5, 0.6) is 11.5 Å². The lowest BCUT2D eigenvalue weighted by Crippen LogP contribution is -2.40. The highest BCUT2D eigenvalue weighted by Crippen LogP contribution is 2.34. The molecule has 10 nitrogen and oxygen atoms in total. The second-order valence-corrected chi connectivity index (χ2v) is 10.7. The Morgan fingerprint density at radius 1 is 1.20 bits per heavy atom. The maximum Gasteiger partial charge on any atom is 0.271 e. The normalized spacial score (nSPS) is 14.9. The molecule has 40 heavy (non-hydrogen) atoms. The van der Waals surface area contributed by atoms with E-state index in [-0.39, 0.29) is 31.6 Å². The van der Waals surface area contributed by atoms with Crippen LogP contribution in [0, 0.1) is 10.1 Å². The lowest BCUT2D eigenvalue weighted by atomic mass is 9.95. The molecular weight excluding hydrogens is 600 g/mol. The summed E-state index contributed by atoms with van der Waals surface area (Å²) in [5.41, 5.74) is 1.33. The lowest BCUT2D eigenvalue weighted by Gasteiger charge is -2.25. The van der Waals surface area contributed by atoms with E-state index < -0.39 is 22.4 Å². The van der Waals surface area contributed by atoms with Crippen LogP contribution in [-0.4, -0.2) is 27.6 Å². The highest BCUT2D eigenvalue weighted by molar-refractivity contribution is 9.10. The van der Waals surface area contributed by atoms with Crippen LogP contribution in [0.2, 0.25) is 0 Å². The maximum atomic E-state index is 13.8. The Morgan fingerprint density at radius 2 is 1.90 bits per heavy atom. The molecule has 12 heteroatoms. The third-order valence-electron chi connectivity index (χ3n) is 6.30. The number of fused-ring (bicyclic) bond motifs is 1. The Balaban J connectivity index is 1.70. The summed E-state index contributed by atoms with van der Waals surface area (Å²) in [6.45, 7) is 1.71. The molecule has 5 rings (SSSR count). The molecule has 0 bridgehead atoms. The molecule has 2 heterocycles. The van der Waals surface area contributed by atoms with Crippen molar-refractivity contribution in [2.75, 3.05) is 12.4 Å². The van der Waals surface area contributed by atoms with Gasteiger partial charge in [0.2, 0.25) is 0 Å². The van der Waals surface area contributed by atoms with Gasteiger partial charge in [0.25, 0.3) is 17.2 Å². The molecule has 3 aromatic carbocycles. The van der Waals surface area contributed by atoms with Crippen molar-refractivity contribution < 1.29 is 19.6 Å². The molecule has 1 aromatic heterocycles. The number of rotatable bonds is 6. The Bertz CT molecular complexity index is 1860. The summed E-state index contributed by atoms with van der Waals surface area (Å²) in [4.78, 5) is 43.2. The van der Waals surface area contributed by atoms with E-state index in [2.05, 4.69) is 26.2 Å². The quantitative estimate of drug-likeness (QED) is 0.244. The van der Waals surface area contributed by atoms with E-state index in [1.807, 2.05) is 6.07 Å². The van der Waals surface area contributed by atoms with Gasteiger partial charge in [-0.25, -0.2) is 4.99 Å². The highest BCUT2D eigenvalue weighted by atomic mass is 79.9. The van der Waals surface area contributed by atoms with Crippen LogP contribution in [0.4, 0.5) is 11.4 Å². The predicted octanol–water partition coefficient (Wildman–Crippen LogP) is 4.26. The summed E-state index contributed by atoms with van der Waals surface area (Å²) in [6.07, 6.45) is 1.38. The molecule has 0 aliphatic carbocycles. The number of non-ortho nitro benzene ring substituents is 1. The molecular formula is C28H21BrN4O6S. The number of carbonyl (C=O) groups excluding carboxylic acids is 1. The van der Waals surface area contributed by atoms with Crippen LogP contribution >= 0.6 is 27.3 Å². The highest BCUT2D eigenvalue weighted by Gasteiger charge is 2.32. The van der Waals surface area contributed by atoms with E-state index in [1.165, 1.54) is 22.8 Å². The first kappa shape index (κ1) is 27.0. The number of methoxy groups -OCH3 is 1. The number of allylic oxidation sites excluding steroid dienone is 1. The molecule has 202 valence electrons. The number of nitro benzene ring substituents is 1. The molecule has 4 aromatic rings. The smallest absolute Gasteiger partial charge is 0.271 e. The summed E-state index contributed by atoms with van der Waals surface area (Å²) in [5, 5.41) is 24.8. The molecule has 1 amide bonds. The molecule has 1 atom stereocenters. The Kier molecular flexibility index (Phi) is 7.37. The number of hydrogen-bond acceptors (Lipinski definition) is 8. The summed E-state index contributed by atoms with van der Waals surface area (Å²) in [5.74, 6) is -0.0519. The number of para-hydroxylation sites is 1. The number of phenols is 1. The zero-order valence-corrected chi connectivity index (χ0v) is 23.5. The number of nitrogens with one attached hydrogen (secondary N) is 1. The van der Waals surface area contributed by atoms with E-state index >= 15 is 0 Å². The number of amides is 1. The standard InChI is InChI=1S/C28H21BrN4O6S/c1-15-23(26(35)31-18-6-4-3-5-7-18)24(16-8-10-20(39-2)11-9-16)32-27(36)22(40-28(32)30-15)13-17-12-19(33(37)38)14-21(29)25(17)34/h3-14,24,34H,1-2H3,(H,31,35)/b22-13+/t24-/m1/s1. The minimum atomic E-state index is -0.821. The predicted molar refractivity (Wildman–Crippen MR) is 154 cm³/mol. The number of ether oxygens (including phenoxy) is 1. The van der Waals surface area contributed by atoms with Gasteiger partial charge in [0, 0.05) is 23.4 Å². The van der Waals surface area contributed by atoms with Crippen LogP contribution in [-0.2, 0) is 4.79 Å². The van der Waals surface area contributed by atoms with Crippen LogP contribution in [0.3, 0.4) is 0 Å². The molecule has 2 N–H and O–H groups in total. The number of hydrogen-bond donors (Lipinski definition) is 2. The van der Waals surface area contributed by atoms with Gasteiger partial charge in [0.15, 0.2) is 4.80 Å². The molecule has 0 radical (unpaired) electrons. The number of halogens is 1. The minimum absolute atomic E-state index is 0.0881. The van der Waals surface area contributed by atoms with Crippen molar-refractivity contribution in [2.45, 2.75) is 13.0 Å². The first-order valence-corrected chi connectivity index (χ1v) is 13.5. The Labute approximate surface area is 239 Å². The minimum Gasteiger partial charge on any atom is -0.506 e. The summed E-state index contributed by atoms with van der Waals surface area (Å²) >= 11 is 4.19. The molecule has 0 fully saturated rings. The lowest BCUT2D eigenvalue weighted by molar-refractivity contribution is -0.385. The molecule has 0 unspecified atom stereocenters. The van der Waals surface area contributed by atoms with Crippen molar-refractivity contribution >= 4 is 50.6 Å². The average molecular weight is 621 g/mol. The van der Waals surface area contributed by atoms with Gasteiger partial charge < -0.3 is 15.2 Å². The van der Waals surface area contributed by atoms with Gasteiger partial charge in [-0.1, -0.05) is 41.7 Å². The van der Waals surface area contributed by atoms with E-state index in [4.69, 9.17) is 4.74 Å². The van der Waals surface area contributed by atoms with Crippen LogP contribution in [0.1, 0.15) is 24.1 Å².